The van der Waals surface area contributed by atoms with Crippen LogP contribution in [0.5, 0.6) is 11.5 Å². The van der Waals surface area contributed by atoms with Gasteiger partial charge < -0.3 is 9.47 Å². The van der Waals surface area contributed by atoms with Crippen molar-refractivity contribution in [1.29, 1.82) is 0 Å². The first-order chi connectivity index (χ1) is 17.0. The Hall–Kier alpha value is -3.21. The van der Waals surface area contributed by atoms with Gasteiger partial charge in [-0.05, 0) is 86.3 Å². The van der Waals surface area contributed by atoms with Crippen LogP contribution in [0.3, 0.4) is 0 Å². The van der Waals surface area contributed by atoms with E-state index in [0.717, 1.165) is 36.8 Å². The van der Waals surface area contributed by atoms with Crippen LogP contribution in [0.4, 0.5) is 13.2 Å². The fraction of sp³-hybridized carbons (Fsp3) is 0.333. The van der Waals surface area contributed by atoms with Gasteiger partial charge in [0.15, 0.2) is 23.1 Å². The SMILES string of the molecule is C=CCCOc1ccc(C2CCC(COc3ccc(-c4ccc(C)cc4)c(F)c3F)CC2)cc1F. The second kappa shape index (κ2) is 11.5. The molecule has 0 radical (unpaired) electrons. The lowest BCUT2D eigenvalue weighted by molar-refractivity contribution is 0.192. The maximum absolute atomic E-state index is 14.7. The zero-order chi connectivity index (χ0) is 24.8. The largest absolute Gasteiger partial charge is 0.490 e. The van der Waals surface area contributed by atoms with E-state index in [4.69, 9.17) is 9.47 Å². The Morgan fingerprint density at radius 2 is 1.57 bits per heavy atom. The van der Waals surface area contributed by atoms with Crippen LogP contribution in [0.2, 0.25) is 0 Å². The second-order valence-corrected chi connectivity index (χ2v) is 9.25. The molecule has 3 aromatic rings. The van der Waals surface area contributed by atoms with Gasteiger partial charge in [-0.15, -0.1) is 6.58 Å². The first-order valence-corrected chi connectivity index (χ1v) is 12.2. The van der Waals surface area contributed by atoms with Crippen molar-refractivity contribution < 1.29 is 22.6 Å². The third-order valence-electron chi connectivity index (χ3n) is 6.74. The van der Waals surface area contributed by atoms with Gasteiger partial charge >= 0.3 is 0 Å². The molecule has 0 unspecified atom stereocenters. The Bertz CT molecular complexity index is 1150. The number of benzene rings is 3. The minimum absolute atomic E-state index is 0.0606. The van der Waals surface area contributed by atoms with Crippen LogP contribution in [-0.2, 0) is 0 Å². The molecule has 4 rings (SSSR count). The van der Waals surface area contributed by atoms with Crippen LogP contribution in [0.15, 0.2) is 67.3 Å². The van der Waals surface area contributed by atoms with E-state index in [-0.39, 0.29) is 34.7 Å². The van der Waals surface area contributed by atoms with E-state index >= 15 is 0 Å². The van der Waals surface area contributed by atoms with E-state index in [9.17, 15) is 13.2 Å². The lowest BCUT2D eigenvalue weighted by Crippen LogP contribution is -2.19. The second-order valence-electron chi connectivity index (χ2n) is 9.25. The van der Waals surface area contributed by atoms with Crippen molar-refractivity contribution in [2.24, 2.45) is 5.92 Å². The van der Waals surface area contributed by atoms with Gasteiger partial charge in [0.05, 0.1) is 13.2 Å². The standard InChI is InChI=1S/C30H31F3O2/c1-3-4-17-34-27-15-13-24(18-26(27)31)22-11-7-21(8-12-22)19-35-28-16-14-25(29(32)30(28)33)23-9-5-20(2)6-10-23/h3,5-6,9-10,13-16,18,21-22H,1,4,7-8,11-12,17,19H2,2H3. The van der Waals surface area contributed by atoms with Gasteiger partial charge in [-0.25, -0.2) is 8.78 Å². The van der Waals surface area contributed by atoms with Crippen molar-refractivity contribution >= 4 is 0 Å². The number of hydrogen-bond acceptors (Lipinski definition) is 2. The first-order valence-electron chi connectivity index (χ1n) is 12.2. The van der Waals surface area contributed by atoms with Gasteiger partial charge in [0.1, 0.15) is 0 Å². The van der Waals surface area contributed by atoms with Crippen LogP contribution in [0.1, 0.15) is 49.1 Å². The predicted molar refractivity (Wildman–Crippen MR) is 133 cm³/mol. The summed E-state index contributed by atoms with van der Waals surface area (Å²) < 4.78 is 54.9. The molecule has 184 valence electrons. The summed E-state index contributed by atoms with van der Waals surface area (Å²) in [6, 6.07) is 15.6. The van der Waals surface area contributed by atoms with Crippen molar-refractivity contribution in [3.63, 3.8) is 0 Å². The Morgan fingerprint density at radius 1 is 0.857 bits per heavy atom. The molecule has 0 bridgehead atoms. The molecule has 3 aromatic carbocycles. The van der Waals surface area contributed by atoms with E-state index in [1.165, 1.54) is 6.07 Å². The molecule has 0 heterocycles. The number of halogens is 3. The van der Waals surface area contributed by atoms with Crippen LogP contribution in [0, 0.1) is 30.3 Å². The number of rotatable bonds is 9. The number of ether oxygens (including phenoxy) is 2. The van der Waals surface area contributed by atoms with Crippen LogP contribution < -0.4 is 9.47 Å². The Kier molecular flexibility index (Phi) is 8.17. The van der Waals surface area contributed by atoms with Crippen molar-refractivity contribution in [2.45, 2.75) is 44.9 Å². The molecule has 35 heavy (non-hydrogen) atoms. The molecule has 0 aliphatic heterocycles. The normalized spacial score (nSPS) is 17.7. The predicted octanol–water partition coefficient (Wildman–Crippen LogP) is 8.39. The van der Waals surface area contributed by atoms with Crippen LogP contribution >= 0.6 is 0 Å². The van der Waals surface area contributed by atoms with Gasteiger partial charge in [-0.2, -0.15) is 4.39 Å². The van der Waals surface area contributed by atoms with Crippen LogP contribution in [-0.4, -0.2) is 13.2 Å². The maximum atomic E-state index is 14.7. The van der Waals surface area contributed by atoms with Crippen LogP contribution in [0.25, 0.3) is 11.1 Å². The molecule has 1 saturated carbocycles. The van der Waals surface area contributed by atoms with E-state index in [0.29, 0.717) is 25.2 Å². The summed E-state index contributed by atoms with van der Waals surface area (Å²) in [5.41, 5.74) is 2.88. The Labute approximate surface area is 205 Å². The number of aryl methyl sites for hydroxylation is 1. The molecule has 0 saturated heterocycles. The highest BCUT2D eigenvalue weighted by atomic mass is 19.2. The molecule has 1 aliphatic carbocycles. The fourth-order valence-corrected chi connectivity index (χ4v) is 4.61. The molecule has 0 amide bonds. The summed E-state index contributed by atoms with van der Waals surface area (Å²) >= 11 is 0. The molecule has 0 atom stereocenters. The molecule has 0 N–H and O–H groups in total. The van der Waals surface area contributed by atoms with Gasteiger partial charge in [0, 0.05) is 5.56 Å². The summed E-state index contributed by atoms with van der Waals surface area (Å²) in [6.45, 7) is 6.32. The summed E-state index contributed by atoms with van der Waals surface area (Å²) in [7, 11) is 0. The molecule has 1 aliphatic rings. The number of hydrogen-bond donors (Lipinski definition) is 0. The Balaban J connectivity index is 1.31. The zero-order valence-electron chi connectivity index (χ0n) is 20.0. The summed E-state index contributed by atoms with van der Waals surface area (Å²) in [5, 5.41) is 0. The van der Waals surface area contributed by atoms with Gasteiger partial charge in [-0.1, -0.05) is 42.0 Å². The smallest absolute Gasteiger partial charge is 0.201 e. The third-order valence-corrected chi connectivity index (χ3v) is 6.74. The van der Waals surface area contributed by atoms with Gasteiger partial charge in [-0.3, -0.25) is 0 Å². The van der Waals surface area contributed by atoms with Crippen molar-refractivity contribution in [2.75, 3.05) is 13.2 Å². The van der Waals surface area contributed by atoms with Crippen molar-refractivity contribution in [1.82, 2.24) is 0 Å². The lowest BCUT2D eigenvalue weighted by atomic mass is 9.79. The fourth-order valence-electron chi connectivity index (χ4n) is 4.61. The molecule has 5 heteroatoms. The minimum Gasteiger partial charge on any atom is -0.490 e. The third kappa shape index (κ3) is 6.08. The molecular formula is C30H31F3O2. The van der Waals surface area contributed by atoms with E-state index in [1.54, 1.807) is 36.4 Å². The summed E-state index contributed by atoms with van der Waals surface area (Å²) in [4.78, 5) is 0. The lowest BCUT2D eigenvalue weighted by Gasteiger charge is -2.29. The molecule has 2 nitrogen and oxygen atoms in total. The topological polar surface area (TPSA) is 18.5 Å². The van der Waals surface area contributed by atoms with Crippen molar-refractivity contribution in [3.8, 4) is 22.6 Å². The van der Waals surface area contributed by atoms with Crippen molar-refractivity contribution in [3.05, 3.63) is 95.8 Å². The van der Waals surface area contributed by atoms with E-state index < -0.39 is 11.6 Å². The van der Waals surface area contributed by atoms with E-state index in [1.807, 2.05) is 25.1 Å². The average Bonchev–Trinajstić information content (AvgIpc) is 2.87. The average molecular weight is 481 g/mol. The van der Waals surface area contributed by atoms with Gasteiger partial charge in [0.2, 0.25) is 5.82 Å². The monoisotopic (exact) mass is 480 g/mol. The summed E-state index contributed by atoms with van der Waals surface area (Å²) in [6.07, 6.45) is 5.96. The highest BCUT2D eigenvalue weighted by molar-refractivity contribution is 5.65. The summed E-state index contributed by atoms with van der Waals surface area (Å²) in [5.74, 6) is -1.47. The van der Waals surface area contributed by atoms with E-state index in [2.05, 4.69) is 6.58 Å². The minimum atomic E-state index is -0.956. The highest BCUT2D eigenvalue weighted by Gasteiger charge is 2.24. The molecule has 0 spiro atoms. The maximum Gasteiger partial charge on any atom is 0.201 e. The highest BCUT2D eigenvalue weighted by Crippen LogP contribution is 2.38. The quantitative estimate of drug-likeness (QED) is 0.226. The van der Waals surface area contributed by atoms with Gasteiger partial charge in [0.25, 0.3) is 0 Å². The first kappa shape index (κ1) is 24.9. The molecule has 1 fully saturated rings. The molecule has 0 aromatic heterocycles. The molecular weight excluding hydrogens is 449 g/mol. The Morgan fingerprint density at radius 3 is 2.26 bits per heavy atom. The zero-order valence-corrected chi connectivity index (χ0v) is 20.0.